The minimum atomic E-state index is -5.52. The van der Waals surface area contributed by atoms with Crippen molar-refractivity contribution in [2.45, 2.75) is 30.3 Å². The second kappa shape index (κ2) is 9.93. The van der Waals surface area contributed by atoms with E-state index >= 15 is 0 Å². The number of carbonyl (C=O) groups is 2. The van der Waals surface area contributed by atoms with Gasteiger partial charge in [0.05, 0.1) is 29.5 Å². The molecule has 2 atom stereocenters. The molecule has 43 heavy (non-hydrogen) atoms. The summed E-state index contributed by atoms with van der Waals surface area (Å²) in [6.07, 6.45) is -9.46. The molecule has 9 nitrogen and oxygen atoms in total. The number of nitrogens with zero attached hydrogens (tertiary/aromatic N) is 2. The Bertz CT molecular complexity index is 1750. The van der Waals surface area contributed by atoms with Crippen LogP contribution in [0.1, 0.15) is 34.1 Å². The van der Waals surface area contributed by atoms with Crippen molar-refractivity contribution < 1.29 is 50.2 Å². The van der Waals surface area contributed by atoms with Crippen molar-refractivity contribution in [3.63, 3.8) is 0 Å². The van der Waals surface area contributed by atoms with Crippen LogP contribution in [0.3, 0.4) is 0 Å². The first kappa shape index (κ1) is 29.8. The van der Waals surface area contributed by atoms with Crippen LogP contribution in [0.2, 0.25) is 0 Å². The Morgan fingerprint density at radius 2 is 1.79 bits per heavy atom. The first-order valence-electron chi connectivity index (χ1n) is 12.3. The number of halogens is 7. The van der Waals surface area contributed by atoms with Crippen LogP contribution in [0.5, 0.6) is 5.75 Å². The van der Waals surface area contributed by atoms with Gasteiger partial charge in [0.2, 0.25) is 11.5 Å². The molecule has 0 saturated heterocycles. The number of hydrogen-bond acceptors (Lipinski definition) is 6. The number of rotatable bonds is 6. The summed E-state index contributed by atoms with van der Waals surface area (Å²) in [5.74, 6) is -3.14. The van der Waals surface area contributed by atoms with Crippen LogP contribution in [0.15, 0.2) is 48.7 Å². The van der Waals surface area contributed by atoms with E-state index in [4.69, 9.17) is 10.5 Å². The van der Waals surface area contributed by atoms with Crippen LogP contribution in [-0.4, -0.2) is 51.4 Å². The van der Waals surface area contributed by atoms with Crippen molar-refractivity contribution in [2.75, 3.05) is 13.2 Å². The van der Waals surface area contributed by atoms with Crippen LogP contribution in [-0.2, 0) is 22.0 Å². The number of aliphatic hydroxyl groups is 1. The number of ether oxygens (including phenoxy) is 1. The zero-order valence-electron chi connectivity index (χ0n) is 21.8. The summed E-state index contributed by atoms with van der Waals surface area (Å²) in [7, 11) is 0. The third-order valence-electron chi connectivity index (χ3n) is 7.25. The fourth-order valence-corrected chi connectivity index (χ4v) is 4.66. The van der Waals surface area contributed by atoms with E-state index in [2.05, 4.69) is 15.2 Å². The number of H-pyrrole nitrogens is 1. The Morgan fingerprint density at radius 1 is 1.12 bits per heavy atom. The van der Waals surface area contributed by atoms with Crippen LogP contribution < -0.4 is 15.8 Å². The van der Waals surface area contributed by atoms with Gasteiger partial charge in [0.25, 0.3) is 5.91 Å². The Hall–Kier alpha value is -4.73. The molecule has 2 aromatic carbocycles. The van der Waals surface area contributed by atoms with E-state index in [9.17, 15) is 45.4 Å². The Balaban J connectivity index is 1.59. The fraction of sp³-hybridized carbons (Fsp3) is 0.259. The van der Waals surface area contributed by atoms with Gasteiger partial charge < -0.3 is 20.9 Å². The summed E-state index contributed by atoms with van der Waals surface area (Å²) in [5, 5.41) is 18.4. The number of nitrogens with one attached hydrogen (secondary N) is 2. The number of benzene rings is 2. The predicted octanol–water partition coefficient (Wildman–Crippen LogP) is 4.10. The van der Waals surface area contributed by atoms with Crippen molar-refractivity contribution in [1.82, 2.24) is 20.5 Å². The van der Waals surface area contributed by atoms with Crippen molar-refractivity contribution >= 4 is 22.7 Å². The summed E-state index contributed by atoms with van der Waals surface area (Å²) < 4.78 is 104. The molecule has 0 spiro atoms. The van der Waals surface area contributed by atoms with Gasteiger partial charge in [-0.1, -0.05) is 0 Å². The van der Waals surface area contributed by atoms with Gasteiger partial charge in [-0.05, 0) is 49.4 Å². The highest BCUT2D eigenvalue weighted by molar-refractivity contribution is 5.99. The number of aromatic nitrogens is 3. The predicted molar refractivity (Wildman–Crippen MR) is 135 cm³/mol. The average Bonchev–Trinajstić information content (AvgIpc) is 3.55. The second-order valence-corrected chi connectivity index (χ2v) is 10.1. The van der Waals surface area contributed by atoms with Crippen molar-refractivity contribution in [3.8, 4) is 17.0 Å². The maximum Gasteiger partial charge on any atom is 0.424 e. The fourth-order valence-electron chi connectivity index (χ4n) is 4.66. The lowest BCUT2D eigenvalue weighted by molar-refractivity contribution is -0.265. The molecule has 5 N–H and O–H groups in total. The highest BCUT2D eigenvalue weighted by Crippen LogP contribution is 2.47. The number of carbonyl (C=O) groups excluding carboxylic acids is 2. The Labute approximate surface area is 236 Å². The molecular weight excluding hydrogens is 591 g/mol. The molecule has 3 heterocycles. The van der Waals surface area contributed by atoms with Gasteiger partial charge in [-0.2, -0.15) is 31.4 Å². The van der Waals surface area contributed by atoms with Gasteiger partial charge in [0, 0.05) is 22.1 Å². The molecule has 2 amide bonds. The number of amides is 2. The third-order valence-corrected chi connectivity index (χ3v) is 7.25. The van der Waals surface area contributed by atoms with Crippen LogP contribution in [0.25, 0.3) is 22.2 Å². The number of pyridine rings is 1. The molecule has 0 aliphatic carbocycles. The molecule has 16 heteroatoms. The highest BCUT2D eigenvalue weighted by atomic mass is 19.4. The van der Waals surface area contributed by atoms with Crippen molar-refractivity contribution in [2.24, 2.45) is 5.73 Å². The SMILES string of the molecule is C[C@]1(C(N)=O)COc2c1cc(C(O)(CNC(=O)c1cc(C(F)(F)F)c3[nH]ncc3c1)C(F)(F)F)nc2-c1ccc(F)cc1. The van der Waals surface area contributed by atoms with Crippen LogP contribution >= 0.6 is 0 Å². The monoisotopic (exact) mass is 611 g/mol. The van der Waals surface area contributed by atoms with Crippen LogP contribution in [0.4, 0.5) is 30.7 Å². The van der Waals surface area contributed by atoms with E-state index in [1.54, 1.807) is 0 Å². The lowest BCUT2D eigenvalue weighted by atomic mass is 9.81. The molecular formula is C27H20F7N5O4. The number of fused-ring (bicyclic) bond motifs is 2. The third kappa shape index (κ3) is 5.00. The highest BCUT2D eigenvalue weighted by Gasteiger charge is 2.57. The minimum Gasteiger partial charge on any atom is -0.489 e. The summed E-state index contributed by atoms with van der Waals surface area (Å²) in [6, 6.07) is 6.54. The normalized spacial score (nSPS) is 18.2. The lowest BCUT2D eigenvalue weighted by Gasteiger charge is -2.31. The van der Waals surface area contributed by atoms with Gasteiger partial charge in [0.1, 0.15) is 29.3 Å². The van der Waals surface area contributed by atoms with Gasteiger partial charge in [-0.25, -0.2) is 9.37 Å². The number of hydrogen-bond donors (Lipinski definition) is 4. The van der Waals surface area contributed by atoms with Gasteiger partial charge in [-0.15, -0.1) is 0 Å². The maximum absolute atomic E-state index is 14.5. The van der Waals surface area contributed by atoms with E-state index in [1.807, 2.05) is 5.32 Å². The Kier molecular flexibility index (Phi) is 6.87. The smallest absolute Gasteiger partial charge is 0.424 e. The van der Waals surface area contributed by atoms with Crippen molar-refractivity contribution in [3.05, 3.63) is 76.9 Å². The molecule has 1 unspecified atom stereocenters. The quantitative estimate of drug-likeness (QED) is 0.242. The Morgan fingerprint density at radius 3 is 2.40 bits per heavy atom. The van der Waals surface area contributed by atoms with E-state index in [1.165, 1.54) is 19.1 Å². The number of aromatic amines is 1. The molecule has 0 radical (unpaired) electrons. The second-order valence-electron chi connectivity index (χ2n) is 10.1. The lowest BCUT2D eigenvalue weighted by Crippen LogP contribution is -2.51. The largest absolute Gasteiger partial charge is 0.489 e. The topological polar surface area (TPSA) is 143 Å². The summed E-state index contributed by atoms with van der Waals surface area (Å²) in [4.78, 5) is 29.2. The van der Waals surface area contributed by atoms with Gasteiger partial charge in [-0.3, -0.25) is 14.7 Å². The molecule has 0 bridgehead atoms. The van der Waals surface area contributed by atoms with E-state index in [-0.39, 0.29) is 34.6 Å². The van der Waals surface area contributed by atoms with E-state index in [0.29, 0.717) is 6.07 Å². The molecule has 5 rings (SSSR count). The summed E-state index contributed by atoms with van der Waals surface area (Å²) in [6.45, 7) is -0.669. The minimum absolute atomic E-state index is 0.0647. The molecule has 4 aromatic rings. The summed E-state index contributed by atoms with van der Waals surface area (Å²) >= 11 is 0. The molecule has 1 aliphatic rings. The number of alkyl halides is 6. The molecule has 2 aromatic heterocycles. The molecule has 0 saturated carbocycles. The average molecular weight is 611 g/mol. The standard InChI is InChI=1S/C27H20F7N5O4/c1-24(23(35)41)11-43-21-17(24)8-18(38-20(21)12-2-4-15(28)5-3-12)25(42,27(32,33)34)10-36-22(40)13-6-14-9-37-39-19(14)16(7-13)26(29,30)31/h2-9,42H,10-11H2,1H3,(H2,35,41)(H,36,40)(H,37,39)/t24-,25?/m0/s1. The van der Waals surface area contributed by atoms with E-state index < -0.39 is 69.9 Å². The van der Waals surface area contributed by atoms with Gasteiger partial charge >= 0.3 is 12.4 Å². The summed E-state index contributed by atoms with van der Waals surface area (Å²) in [5.41, 5.74) is -3.91. The van der Waals surface area contributed by atoms with E-state index in [0.717, 1.165) is 30.5 Å². The number of nitrogens with two attached hydrogens (primary N) is 1. The first-order chi connectivity index (χ1) is 20.0. The zero-order valence-corrected chi connectivity index (χ0v) is 21.8. The molecule has 1 aliphatic heterocycles. The van der Waals surface area contributed by atoms with Gasteiger partial charge in [0.15, 0.2) is 0 Å². The zero-order chi connectivity index (χ0) is 31.5. The molecule has 0 fully saturated rings. The van der Waals surface area contributed by atoms with Crippen LogP contribution in [0, 0.1) is 5.82 Å². The molecule has 226 valence electrons. The first-order valence-corrected chi connectivity index (χ1v) is 12.3. The van der Waals surface area contributed by atoms with Crippen molar-refractivity contribution in [1.29, 1.82) is 0 Å². The number of primary amides is 1. The maximum atomic E-state index is 14.5.